The Labute approximate surface area is 191 Å². The standard InChI is InChI=1S/C24H24N4O4S/c1-14-6-9-20(16(3)12-14)27-33(30,31)22-13-19(8-7-15(22)2)21-10-11-23(29)28(25-21)24-17(4)26-32-18(24)5/h6-13,27H,1-5H3. The molecule has 0 bridgehead atoms. The molecule has 8 nitrogen and oxygen atoms in total. The number of anilines is 1. The molecular formula is C24H24N4O4S. The van der Waals surface area contributed by atoms with Crippen LogP contribution < -0.4 is 10.3 Å². The molecule has 2 aromatic heterocycles. The van der Waals surface area contributed by atoms with Crippen molar-refractivity contribution >= 4 is 15.7 Å². The van der Waals surface area contributed by atoms with Gasteiger partial charge in [-0.15, -0.1) is 0 Å². The van der Waals surface area contributed by atoms with Crippen molar-refractivity contribution in [3.63, 3.8) is 0 Å². The van der Waals surface area contributed by atoms with Crippen LogP contribution >= 0.6 is 0 Å². The van der Waals surface area contributed by atoms with E-state index in [1.54, 1.807) is 51.1 Å². The van der Waals surface area contributed by atoms with Gasteiger partial charge >= 0.3 is 0 Å². The van der Waals surface area contributed by atoms with Crippen LogP contribution in [0.25, 0.3) is 16.9 Å². The van der Waals surface area contributed by atoms with Crippen LogP contribution in [0.3, 0.4) is 0 Å². The van der Waals surface area contributed by atoms with Gasteiger partial charge in [0.2, 0.25) is 0 Å². The zero-order valence-corrected chi connectivity index (χ0v) is 19.8. The number of aromatic nitrogens is 3. The van der Waals surface area contributed by atoms with Crippen LogP contribution in [0.4, 0.5) is 5.69 Å². The van der Waals surface area contributed by atoms with Gasteiger partial charge in [-0.25, -0.2) is 8.42 Å². The van der Waals surface area contributed by atoms with E-state index in [0.717, 1.165) is 11.1 Å². The van der Waals surface area contributed by atoms with Crippen molar-refractivity contribution in [3.05, 3.63) is 87.0 Å². The fourth-order valence-corrected chi connectivity index (χ4v) is 5.09. The van der Waals surface area contributed by atoms with Gasteiger partial charge in [0.05, 0.1) is 16.3 Å². The summed E-state index contributed by atoms with van der Waals surface area (Å²) < 4.78 is 35.5. The van der Waals surface area contributed by atoms with Crippen LogP contribution in [0, 0.1) is 34.6 Å². The van der Waals surface area contributed by atoms with E-state index in [9.17, 15) is 13.2 Å². The van der Waals surface area contributed by atoms with Gasteiger partial charge in [0, 0.05) is 11.6 Å². The summed E-state index contributed by atoms with van der Waals surface area (Å²) in [6.45, 7) is 8.97. The molecule has 33 heavy (non-hydrogen) atoms. The smallest absolute Gasteiger partial charge is 0.271 e. The number of hydrogen-bond acceptors (Lipinski definition) is 6. The molecule has 0 aliphatic rings. The van der Waals surface area contributed by atoms with Gasteiger partial charge in [0.25, 0.3) is 15.6 Å². The van der Waals surface area contributed by atoms with Crippen molar-refractivity contribution in [3.8, 4) is 16.9 Å². The van der Waals surface area contributed by atoms with E-state index in [4.69, 9.17) is 4.52 Å². The Morgan fingerprint density at radius 2 is 1.67 bits per heavy atom. The van der Waals surface area contributed by atoms with E-state index in [1.807, 2.05) is 26.0 Å². The molecule has 170 valence electrons. The maximum atomic E-state index is 13.2. The van der Waals surface area contributed by atoms with Gasteiger partial charge in [-0.1, -0.05) is 35.0 Å². The molecule has 0 spiro atoms. The SMILES string of the molecule is Cc1ccc(NS(=O)(=O)c2cc(-c3ccc(=O)n(-c4c(C)noc4C)n3)ccc2C)c(C)c1. The quantitative estimate of drug-likeness (QED) is 0.474. The monoisotopic (exact) mass is 464 g/mol. The minimum atomic E-state index is -3.86. The van der Waals surface area contributed by atoms with E-state index in [1.165, 1.54) is 10.7 Å². The first-order valence-electron chi connectivity index (χ1n) is 10.3. The number of nitrogens with one attached hydrogen (secondary N) is 1. The fourth-order valence-electron chi connectivity index (χ4n) is 3.68. The lowest BCUT2D eigenvalue weighted by Gasteiger charge is -2.14. The topological polar surface area (TPSA) is 107 Å². The molecule has 1 N–H and O–H groups in total. The summed E-state index contributed by atoms with van der Waals surface area (Å²) in [5.74, 6) is 0.462. The second kappa shape index (κ2) is 8.32. The highest BCUT2D eigenvalue weighted by atomic mass is 32.2. The second-order valence-electron chi connectivity index (χ2n) is 8.05. The summed E-state index contributed by atoms with van der Waals surface area (Å²) in [7, 11) is -3.86. The minimum Gasteiger partial charge on any atom is -0.359 e. The Hall–Kier alpha value is -3.72. The van der Waals surface area contributed by atoms with Crippen molar-refractivity contribution in [1.82, 2.24) is 14.9 Å². The molecule has 0 aliphatic carbocycles. The molecule has 4 aromatic rings. The highest BCUT2D eigenvalue weighted by Crippen LogP contribution is 2.27. The van der Waals surface area contributed by atoms with Crippen molar-refractivity contribution < 1.29 is 12.9 Å². The second-order valence-corrected chi connectivity index (χ2v) is 9.70. The highest BCUT2D eigenvalue weighted by Gasteiger charge is 2.20. The molecule has 0 radical (unpaired) electrons. The Morgan fingerprint density at radius 3 is 2.33 bits per heavy atom. The van der Waals surface area contributed by atoms with E-state index >= 15 is 0 Å². The molecule has 0 saturated heterocycles. The van der Waals surface area contributed by atoms with Gasteiger partial charge in [-0.2, -0.15) is 9.78 Å². The van der Waals surface area contributed by atoms with Crippen LogP contribution in [0.15, 0.2) is 62.7 Å². The maximum Gasteiger partial charge on any atom is 0.271 e. The molecule has 0 amide bonds. The van der Waals surface area contributed by atoms with Crippen LogP contribution in [-0.2, 0) is 10.0 Å². The Balaban J connectivity index is 1.78. The number of sulfonamides is 1. The average molecular weight is 465 g/mol. The Kier molecular flexibility index (Phi) is 5.67. The third kappa shape index (κ3) is 4.31. The lowest BCUT2D eigenvalue weighted by Crippen LogP contribution is -2.21. The molecule has 9 heteroatoms. The molecule has 0 unspecified atom stereocenters. The normalized spacial score (nSPS) is 11.5. The first kappa shape index (κ1) is 22.5. The predicted octanol–water partition coefficient (Wildman–Crippen LogP) is 4.23. The van der Waals surface area contributed by atoms with Crippen molar-refractivity contribution in [2.24, 2.45) is 0 Å². The van der Waals surface area contributed by atoms with E-state index < -0.39 is 10.0 Å². The van der Waals surface area contributed by atoms with E-state index in [0.29, 0.717) is 39.6 Å². The number of rotatable bonds is 5. The van der Waals surface area contributed by atoms with Crippen LogP contribution in [0.2, 0.25) is 0 Å². The zero-order valence-electron chi connectivity index (χ0n) is 19.0. The molecule has 0 saturated carbocycles. The minimum absolute atomic E-state index is 0.136. The van der Waals surface area contributed by atoms with Gasteiger partial charge in [-0.3, -0.25) is 9.52 Å². The highest BCUT2D eigenvalue weighted by molar-refractivity contribution is 7.92. The molecule has 0 fully saturated rings. The Morgan fingerprint density at radius 1 is 0.909 bits per heavy atom. The number of aryl methyl sites for hydroxylation is 5. The van der Waals surface area contributed by atoms with E-state index in [-0.39, 0.29) is 10.5 Å². The van der Waals surface area contributed by atoms with Crippen molar-refractivity contribution in [2.75, 3.05) is 4.72 Å². The summed E-state index contributed by atoms with van der Waals surface area (Å²) in [4.78, 5) is 12.6. The van der Waals surface area contributed by atoms with Crippen LogP contribution in [-0.4, -0.2) is 23.4 Å². The maximum absolute atomic E-state index is 13.2. The molecule has 2 aromatic carbocycles. The summed E-state index contributed by atoms with van der Waals surface area (Å²) in [6.07, 6.45) is 0. The number of hydrogen-bond donors (Lipinski definition) is 1. The van der Waals surface area contributed by atoms with Gasteiger partial charge in [0.15, 0.2) is 5.76 Å². The third-order valence-electron chi connectivity index (χ3n) is 5.41. The fraction of sp³-hybridized carbons (Fsp3) is 0.208. The largest absolute Gasteiger partial charge is 0.359 e. The number of nitrogens with zero attached hydrogens (tertiary/aromatic N) is 3. The van der Waals surface area contributed by atoms with Gasteiger partial charge in [-0.05, 0) is 63.9 Å². The zero-order chi connectivity index (χ0) is 23.9. The van der Waals surface area contributed by atoms with Crippen LogP contribution in [0.5, 0.6) is 0 Å². The van der Waals surface area contributed by atoms with Gasteiger partial charge in [0.1, 0.15) is 11.4 Å². The van der Waals surface area contributed by atoms with Crippen molar-refractivity contribution in [1.29, 1.82) is 0 Å². The lowest BCUT2D eigenvalue weighted by atomic mass is 10.1. The lowest BCUT2D eigenvalue weighted by molar-refractivity contribution is 0.392. The molecule has 0 aliphatic heterocycles. The number of benzene rings is 2. The third-order valence-corrected chi connectivity index (χ3v) is 6.91. The summed E-state index contributed by atoms with van der Waals surface area (Å²) >= 11 is 0. The van der Waals surface area contributed by atoms with E-state index in [2.05, 4.69) is 15.0 Å². The molecule has 0 atom stereocenters. The molecular weight excluding hydrogens is 440 g/mol. The first-order chi connectivity index (χ1) is 15.6. The summed E-state index contributed by atoms with van der Waals surface area (Å²) in [5.41, 5.74) is 4.66. The molecule has 2 heterocycles. The summed E-state index contributed by atoms with van der Waals surface area (Å²) in [6, 6.07) is 13.5. The first-order valence-corrected chi connectivity index (χ1v) is 11.8. The van der Waals surface area contributed by atoms with Crippen molar-refractivity contribution in [2.45, 2.75) is 39.5 Å². The predicted molar refractivity (Wildman–Crippen MR) is 126 cm³/mol. The van der Waals surface area contributed by atoms with Crippen LogP contribution in [0.1, 0.15) is 28.1 Å². The molecule has 4 rings (SSSR count). The average Bonchev–Trinajstić information content (AvgIpc) is 3.09. The Bertz CT molecular complexity index is 1520. The van der Waals surface area contributed by atoms with Gasteiger partial charge < -0.3 is 4.52 Å². The summed E-state index contributed by atoms with van der Waals surface area (Å²) in [5, 5.41) is 8.34.